The maximum atomic E-state index is 13.0. The number of halogens is 2. The fraction of sp³-hybridized carbons (Fsp3) is 0.211. The first-order valence-corrected chi connectivity index (χ1v) is 9.95. The van der Waals surface area contributed by atoms with Crippen molar-refractivity contribution in [3.8, 4) is 5.75 Å². The van der Waals surface area contributed by atoms with E-state index in [0.717, 1.165) is 10.3 Å². The second-order valence-corrected chi connectivity index (χ2v) is 8.26. The molecule has 1 unspecified atom stereocenters. The van der Waals surface area contributed by atoms with Crippen molar-refractivity contribution >= 4 is 62.3 Å². The Morgan fingerprint density at radius 3 is 2.75 bits per heavy atom. The highest BCUT2D eigenvalue weighted by Gasteiger charge is 2.37. The van der Waals surface area contributed by atoms with Gasteiger partial charge in [0.25, 0.3) is 5.91 Å². The Bertz CT molecular complexity index is 1080. The number of ether oxygens (including phenoxy) is 1. The minimum atomic E-state index is -1.10. The maximum absolute atomic E-state index is 13.0. The number of carbonyl (C=O) groups is 2. The number of hydrogen-bond acceptors (Lipinski definition) is 5. The van der Waals surface area contributed by atoms with Crippen molar-refractivity contribution < 1.29 is 19.4 Å². The molecule has 0 saturated carbocycles. The highest BCUT2D eigenvalue weighted by atomic mass is 35.5. The van der Waals surface area contributed by atoms with Crippen LogP contribution in [-0.4, -0.2) is 28.1 Å². The topological polar surface area (TPSA) is 79.7 Å². The first-order chi connectivity index (χ1) is 13.3. The van der Waals surface area contributed by atoms with Crippen LogP contribution in [0.25, 0.3) is 10.2 Å². The zero-order valence-corrected chi connectivity index (χ0v) is 16.9. The number of anilines is 1. The molecule has 0 spiro atoms. The van der Waals surface area contributed by atoms with Crippen LogP contribution >= 0.6 is 34.5 Å². The lowest BCUT2D eigenvalue weighted by Crippen LogP contribution is -2.46. The van der Waals surface area contributed by atoms with E-state index in [0.29, 0.717) is 32.0 Å². The summed E-state index contributed by atoms with van der Waals surface area (Å²) in [4.78, 5) is 30.2. The number of fused-ring (bicyclic) bond motifs is 2. The molecule has 0 aliphatic carbocycles. The van der Waals surface area contributed by atoms with Gasteiger partial charge >= 0.3 is 5.97 Å². The molecule has 4 rings (SSSR count). The fourth-order valence-electron chi connectivity index (χ4n) is 3.20. The molecule has 1 amide bonds. The highest BCUT2D eigenvalue weighted by Crippen LogP contribution is 2.40. The lowest BCUT2D eigenvalue weighted by atomic mass is 10.1. The van der Waals surface area contributed by atoms with Gasteiger partial charge < -0.3 is 9.84 Å². The molecule has 1 aliphatic rings. The minimum Gasteiger partial charge on any atom is -0.481 e. The van der Waals surface area contributed by atoms with Crippen LogP contribution in [0, 0.1) is 6.92 Å². The Kier molecular flexibility index (Phi) is 4.91. The smallest absolute Gasteiger partial charge is 0.307 e. The number of amides is 1. The second kappa shape index (κ2) is 7.24. The van der Waals surface area contributed by atoms with E-state index in [1.807, 2.05) is 13.0 Å². The summed E-state index contributed by atoms with van der Waals surface area (Å²) in [6.45, 7) is 2.04. The van der Waals surface area contributed by atoms with Gasteiger partial charge in [0.15, 0.2) is 6.10 Å². The van der Waals surface area contributed by atoms with E-state index in [9.17, 15) is 9.59 Å². The van der Waals surface area contributed by atoms with Crippen LogP contribution in [0.5, 0.6) is 5.75 Å². The number of aryl methyl sites for hydroxylation is 1. The molecule has 6 nitrogen and oxygen atoms in total. The number of carbonyl (C=O) groups excluding carboxylic acids is 1. The number of carboxylic acid groups (broad SMARTS) is 1. The highest BCUT2D eigenvalue weighted by molar-refractivity contribution is 7.19. The summed E-state index contributed by atoms with van der Waals surface area (Å²) >= 11 is 13.8. The number of para-hydroxylation sites is 1. The van der Waals surface area contributed by atoms with Crippen molar-refractivity contribution in [1.29, 1.82) is 0 Å². The van der Waals surface area contributed by atoms with E-state index in [1.54, 1.807) is 24.3 Å². The first kappa shape index (κ1) is 19.0. The lowest BCUT2D eigenvalue weighted by molar-refractivity contribution is -0.142. The standard InChI is InChI=1S/C19H14Cl2N2O4S/c1-9-3-2-4-12-17(9)23(19(26)13(27-12)7-15(24)25)8-14-22-16-10(20)5-6-11(21)18(16)28-14/h2-6,13H,7-8H2,1H3,(H,24,25). The average Bonchev–Trinajstić information content (AvgIpc) is 3.07. The SMILES string of the molecule is Cc1cccc2c1N(Cc1nc3c(Cl)ccc(Cl)c3s1)C(=O)C(CC(=O)O)O2. The van der Waals surface area contributed by atoms with Crippen LogP contribution in [0.1, 0.15) is 17.0 Å². The molecule has 2 aromatic carbocycles. The summed E-state index contributed by atoms with van der Waals surface area (Å²) in [6.07, 6.45) is -1.51. The van der Waals surface area contributed by atoms with Crippen LogP contribution in [0.4, 0.5) is 5.69 Å². The third-order valence-corrected chi connectivity index (χ3v) is 6.23. The number of rotatable bonds is 4. The molecular weight excluding hydrogens is 423 g/mol. The Morgan fingerprint density at radius 2 is 2.04 bits per heavy atom. The van der Waals surface area contributed by atoms with Crippen molar-refractivity contribution in [2.24, 2.45) is 0 Å². The Balaban J connectivity index is 1.77. The number of nitrogens with zero attached hydrogens (tertiary/aromatic N) is 2. The van der Waals surface area contributed by atoms with Crippen LogP contribution in [0.3, 0.4) is 0 Å². The molecule has 0 fully saturated rings. The average molecular weight is 437 g/mol. The van der Waals surface area contributed by atoms with Crippen molar-refractivity contribution in [3.05, 3.63) is 50.9 Å². The Morgan fingerprint density at radius 1 is 1.29 bits per heavy atom. The van der Waals surface area contributed by atoms with Gasteiger partial charge in [-0.05, 0) is 30.7 Å². The number of hydrogen-bond donors (Lipinski definition) is 1. The zero-order chi connectivity index (χ0) is 20.0. The van der Waals surface area contributed by atoms with Crippen molar-refractivity contribution in [2.45, 2.75) is 26.0 Å². The summed E-state index contributed by atoms with van der Waals surface area (Å²) in [5.74, 6) is -1.04. The maximum Gasteiger partial charge on any atom is 0.307 e. The minimum absolute atomic E-state index is 0.169. The van der Waals surface area contributed by atoms with Crippen molar-refractivity contribution in [1.82, 2.24) is 4.98 Å². The molecular formula is C19H14Cl2N2O4S. The molecule has 3 aromatic rings. The second-order valence-electron chi connectivity index (χ2n) is 6.36. The van der Waals surface area contributed by atoms with Crippen LogP contribution in [0.15, 0.2) is 30.3 Å². The molecule has 0 saturated heterocycles. The van der Waals surface area contributed by atoms with Gasteiger partial charge in [-0.15, -0.1) is 11.3 Å². The van der Waals surface area contributed by atoms with E-state index in [4.69, 9.17) is 33.0 Å². The van der Waals surface area contributed by atoms with Gasteiger partial charge in [0, 0.05) is 0 Å². The third-order valence-electron chi connectivity index (χ3n) is 4.43. The molecule has 0 radical (unpaired) electrons. The molecule has 144 valence electrons. The largest absolute Gasteiger partial charge is 0.481 e. The van der Waals surface area contributed by atoms with Crippen molar-refractivity contribution in [3.63, 3.8) is 0 Å². The van der Waals surface area contributed by atoms with Crippen LogP contribution < -0.4 is 9.64 Å². The van der Waals surface area contributed by atoms with Gasteiger partial charge in [0.2, 0.25) is 0 Å². The van der Waals surface area contributed by atoms with E-state index < -0.39 is 24.4 Å². The summed E-state index contributed by atoms with van der Waals surface area (Å²) in [5, 5.41) is 10.8. The Hall–Kier alpha value is -2.35. The molecule has 2 heterocycles. The van der Waals surface area contributed by atoms with E-state index >= 15 is 0 Å². The van der Waals surface area contributed by atoms with Crippen LogP contribution in [-0.2, 0) is 16.1 Å². The number of thiazole rings is 1. The predicted octanol–water partition coefficient (Wildman–Crippen LogP) is 4.68. The number of carboxylic acids is 1. The number of aliphatic carboxylic acids is 1. The van der Waals surface area contributed by atoms with Crippen molar-refractivity contribution in [2.75, 3.05) is 4.90 Å². The first-order valence-electron chi connectivity index (χ1n) is 8.38. The van der Waals surface area contributed by atoms with Crippen LogP contribution in [0.2, 0.25) is 10.0 Å². The normalized spacial score (nSPS) is 16.2. The van der Waals surface area contributed by atoms with Gasteiger partial charge in [-0.3, -0.25) is 14.5 Å². The summed E-state index contributed by atoms with van der Waals surface area (Å²) in [5.41, 5.74) is 2.05. The Labute approximate surface area is 174 Å². The molecule has 1 aromatic heterocycles. The fourth-order valence-corrected chi connectivity index (χ4v) is 4.71. The summed E-state index contributed by atoms with van der Waals surface area (Å²) in [7, 11) is 0. The summed E-state index contributed by atoms with van der Waals surface area (Å²) < 4.78 is 6.42. The quantitative estimate of drug-likeness (QED) is 0.641. The predicted molar refractivity (Wildman–Crippen MR) is 109 cm³/mol. The molecule has 0 bridgehead atoms. The lowest BCUT2D eigenvalue weighted by Gasteiger charge is -2.34. The van der Waals surface area contributed by atoms with Gasteiger partial charge in [-0.2, -0.15) is 0 Å². The zero-order valence-electron chi connectivity index (χ0n) is 14.6. The third kappa shape index (κ3) is 3.30. The van der Waals surface area contributed by atoms with Gasteiger partial charge in [0.05, 0.1) is 33.4 Å². The van der Waals surface area contributed by atoms with E-state index in [-0.39, 0.29) is 6.54 Å². The monoisotopic (exact) mass is 436 g/mol. The summed E-state index contributed by atoms with van der Waals surface area (Å²) in [6, 6.07) is 8.78. The molecule has 28 heavy (non-hydrogen) atoms. The number of benzene rings is 2. The van der Waals surface area contributed by atoms with Gasteiger partial charge in [-0.1, -0.05) is 35.3 Å². The number of aromatic nitrogens is 1. The molecule has 1 aliphatic heterocycles. The molecule has 9 heteroatoms. The van der Waals surface area contributed by atoms with E-state index in [1.165, 1.54) is 16.2 Å². The van der Waals surface area contributed by atoms with E-state index in [2.05, 4.69) is 4.98 Å². The van der Waals surface area contributed by atoms with Gasteiger partial charge in [-0.25, -0.2) is 4.98 Å². The molecule has 1 atom stereocenters. The van der Waals surface area contributed by atoms with Gasteiger partial charge in [0.1, 0.15) is 16.3 Å². The molecule has 1 N–H and O–H groups in total.